The van der Waals surface area contributed by atoms with E-state index in [1.165, 1.54) is 0 Å². The van der Waals surface area contributed by atoms with E-state index >= 15 is 0 Å². The zero-order chi connectivity index (χ0) is 11.8. The van der Waals surface area contributed by atoms with Gasteiger partial charge in [-0.3, -0.25) is 0 Å². The average molecular weight is 318 g/mol. The first-order chi connectivity index (χ1) is 8.24. The lowest BCUT2D eigenvalue weighted by molar-refractivity contribution is 0.195. The molecule has 1 N–H and O–H groups in total. The number of nitrogens with zero attached hydrogens (tertiary/aromatic N) is 3. The van der Waals surface area contributed by atoms with Crippen LogP contribution < -0.4 is 5.32 Å². The highest BCUT2D eigenvalue weighted by Crippen LogP contribution is 2.25. The second kappa shape index (κ2) is 4.44. The fraction of sp³-hybridized carbons (Fsp3) is 0.400. The molecule has 0 bridgehead atoms. The van der Waals surface area contributed by atoms with Crippen molar-refractivity contribution in [2.75, 3.05) is 18.5 Å². The van der Waals surface area contributed by atoms with E-state index in [1.807, 2.05) is 0 Å². The van der Waals surface area contributed by atoms with Crippen molar-refractivity contribution in [2.24, 2.45) is 0 Å². The summed E-state index contributed by atoms with van der Waals surface area (Å²) in [5.74, 6) is 0.677. The van der Waals surface area contributed by atoms with Crippen molar-refractivity contribution >= 4 is 39.0 Å². The van der Waals surface area contributed by atoms with Crippen LogP contribution in [-0.4, -0.2) is 33.9 Å². The van der Waals surface area contributed by atoms with Crippen molar-refractivity contribution in [3.8, 4) is 0 Å². The van der Waals surface area contributed by atoms with Crippen molar-refractivity contribution in [1.29, 1.82) is 0 Å². The summed E-state index contributed by atoms with van der Waals surface area (Å²) in [6.07, 6.45) is 4.41. The number of hydrogen-bond donors (Lipinski definition) is 1. The molecule has 1 aliphatic heterocycles. The summed E-state index contributed by atoms with van der Waals surface area (Å²) in [6, 6.07) is 0.282. The molecule has 1 aliphatic rings. The first-order valence-electron chi connectivity index (χ1n) is 5.28. The van der Waals surface area contributed by atoms with E-state index < -0.39 is 0 Å². The maximum atomic E-state index is 6.15. The van der Waals surface area contributed by atoms with Crippen LogP contribution in [0.1, 0.15) is 6.42 Å². The average Bonchev–Trinajstić information content (AvgIpc) is 2.92. The first kappa shape index (κ1) is 11.3. The minimum Gasteiger partial charge on any atom is -0.379 e. The Kier molecular flexibility index (Phi) is 2.94. The predicted molar refractivity (Wildman–Crippen MR) is 68.5 cm³/mol. The Morgan fingerprint density at radius 3 is 3.24 bits per heavy atom. The molecule has 0 aromatic carbocycles. The fourth-order valence-corrected chi connectivity index (χ4v) is 2.36. The first-order valence-corrected chi connectivity index (χ1v) is 6.45. The Balaban J connectivity index is 1.96. The quantitative estimate of drug-likeness (QED) is 0.924. The zero-order valence-electron chi connectivity index (χ0n) is 8.86. The molecular weight excluding hydrogens is 307 g/mol. The Bertz CT molecular complexity index is 552. The lowest BCUT2D eigenvalue weighted by atomic mass is 10.2. The van der Waals surface area contributed by atoms with E-state index in [4.69, 9.17) is 16.3 Å². The van der Waals surface area contributed by atoms with Gasteiger partial charge in [-0.1, -0.05) is 11.6 Å². The highest BCUT2D eigenvalue weighted by molar-refractivity contribution is 9.10. The number of nitrogens with one attached hydrogen (secondary N) is 1. The van der Waals surface area contributed by atoms with Gasteiger partial charge in [-0.25, -0.2) is 9.50 Å². The lowest BCUT2D eigenvalue weighted by Gasteiger charge is -2.12. The largest absolute Gasteiger partial charge is 0.379 e. The smallest absolute Gasteiger partial charge is 0.171 e. The van der Waals surface area contributed by atoms with Crippen molar-refractivity contribution in [1.82, 2.24) is 14.6 Å². The second-order valence-corrected chi connectivity index (χ2v) is 5.16. The van der Waals surface area contributed by atoms with Gasteiger partial charge in [-0.15, -0.1) is 0 Å². The summed E-state index contributed by atoms with van der Waals surface area (Å²) in [4.78, 5) is 4.45. The molecule has 2 aromatic rings. The molecule has 7 heteroatoms. The van der Waals surface area contributed by atoms with Crippen molar-refractivity contribution in [3.63, 3.8) is 0 Å². The summed E-state index contributed by atoms with van der Waals surface area (Å²) in [6.45, 7) is 1.48. The van der Waals surface area contributed by atoms with Gasteiger partial charge in [0.2, 0.25) is 0 Å². The van der Waals surface area contributed by atoms with Crippen LogP contribution in [0.4, 0.5) is 5.82 Å². The van der Waals surface area contributed by atoms with Gasteiger partial charge in [0.15, 0.2) is 5.65 Å². The number of rotatable bonds is 2. The lowest BCUT2D eigenvalue weighted by Crippen LogP contribution is -2.20. The molecule has 0 amide bonds. The topological polar surface area (TPSA) is 51.5 Å². The van der Waals surface area contributed by atoms with E-state index in [0.717, 1.165) is 23.1 Å². The van der Waals surface area contributed by atoms with Gasteiger partial charge in [0.05, 0.1) is 29.5 Å². The predicted octanol–water partition coefficient (Wildman–Crippen LogP) is 2.35. The van der Waals surface area contributed by atoms with Gasteiger partial charge in [0, 0.05) is 6.61 Å². The number of halogens is 2. The monoisotopic (exact) mass is 316 g/mol. The molecule has 90 valence electrons. The molecule has 1 saturated heterocycles. The number of ether oxygens (including phenoxy) is 1. The molecule has 0 saturated carbocycles. The van der Waals surface area contributed by atoms with E-state index in [0.29, 0.717) is 17.4 Å². The van der Waals surface area contributed by atoms with Crippen LogP contribution in [0.15, 0.2) is 16.9 Å². The fourth-order valence-electron chi connectivity index (χ4n) is 1.80. The van der Waals surface area contributed by atoms with Crippen LogP contribution in [0.25, 0.3) is 5.65 Å². The van der Waals surface area contributed by atoms with E-state index in [1.54, 1.807) is 16.9 Å². The summed E-state index contributed by atoms with van der Waals surface area (Å²) < 4.78 is 7.79. The van der Waals surface area contributed by atoms with E-state index in [2.05, 4.69) is 31.3 Å². The van der Waals surface area contributed by atoms with Gasteiger partial charge in [0.1, 0.15) is 10.8 Å². The second-order valence-electron chi connectivity index (χ2n) is 3.90. The third-order valence-electron chi connectivity index (χ3n) is 2.68. The molecule has 1 atom stereocenters. The highest BCUT2D eigenvalue weighted by atomic mass is 79.9. The summed E-state index contributed by atoms with van der Waals surface area (Å²) in [5.41, 5.74) is 0.746. The van der Waals surface area contributed by atoms with Gasteiger partial charge in [-0.05, 0) is 22.4 Å². The molecule has 0 spiro atoms. The van der Waals surface area contributed by atoms with Crippen LogP contribution in [0.3, 0.4) is 0 Å². The Hall–Kier alpha value is -0.850. The number of anilines is 1. The minimum absolute atomic E-state index is 0.282. The Morgan fingerprint density at radius 2 is 2.47 bits per heavy atom. The molecule has 2 aromatic heterocycles. The highest BCUT2D eigenvalue weighted by Gasteiger charge is 2.18. The standard InChI is InChI=1S/C10H10BrClN4O/c11-7-3-13-16-4-8(12)9(15-10(7)16)14-6-1-2-17-5-6/h3-4,6H,1-2,5H2,(H,14,15). The van der Waals surface area contributed by atoms with Gasteiger partial charge < -0.3 is 10.1 Å². The molecule has 0 radical (unpaired) electrons. The third kappa shape index (κ3) is 2.12. The van der Waals surface area contributed by atoms with Crippen LogP contribution in [-0.2, 0) is 4.74 Å². The van der Waals surface area contributed by atoms with Gasteiger partial charge >= 0.3 is 0 Å². The molecule has 17 heavy (non-hydrogen) atoms. The summed E-state index contributed by atoms with van der Waals surface area (Å²) in [5, 5.41) is 7.97. The van der Waals surface area contributed by atoms with Gasteiger partial charge in [-0.2, -0.15) is 5.10 Å². The zero-order valence-corrected chi connectivity index (χ0v) is 11.2. The maximum absolute atomic E-state index is 6.15. The molecule has 3 rings (SSSR count). The molecule has 5 nitrogen and oxygen atoms in total. The molecule has 1 unspecified atom stereocenters. The Labute approximate surface area is 111 Å². The molecule has 3 heterocycles. The van der Waals surface area contributed by atoms with Gasteiger partial charge in [0.25, 0.3) is 0 Å². The number of fused-ring (bicyclic) bond motifs is 1. The molecule has 0 aliphatic carbocycles. The minimum atomic E-state index is 0.282. The van der Waals surface area contributed by atoms with Crippen molar-refractivity contribution < 1.29 is 4.74 Å². The normalized spacial score (nSPS) is 20.0. The van der Waals surface area contributed by atoms with E-state index in [-0.39, 0.29) is 6.04 Å². The molecular formula is C10H10BrClN4O. The summed E-state index contributed by atoms with van der Waals surface area (Å²) in [7, 11) is 0. The van der Waals surface area contributed by atoms with Crippen LogP contribution in [0.2, 0.25) is 5.02 Å². The Morgan fingerprint density at radius 1 is 1.59 bits per heavy atom. The van der Waals surface area contributed by atoms with Crippen molar-refractivity contribution in [2.45, 2.75) is 12.5 Å². The third-order valence-corrected chi connectivity index (χ3v) is 3.51. The SMILES string of the molecule is Clc1cn2ncc(Br)c2nc1NC1CCOC1. The van der Waals surface area contributed by atoms with Crippen LogP contribution >= 0.6 is 27.5 Å². The van der Waals surface area contributed by atoms with E-state index in [9.17, 15) is 0 Å². The van der Waals surface area contributed by atoms with Crippen molar-refractivity contribution in [3.05, 3.63) is 21.9 Å². The summed E-state index contributed by atoms with van der Waals surface area (Å²) >= 11 is 9.55. The van der Waals surface area contributed by atoms with Crippen LogP contribution in [0.5, 0.6) is 0 Å². The van der Waals surface area contributed by atoms with Crippen LogP contribution in [0, 0.1) is 0 Å². The maximum Gasteiger partial charge on any atom is 0.171 e. The number of aromatic nitrogens is 3. The molecule has 1 fully saturated rings. The number of hydrogen-bond acceptors (Lipinski definition) is 4.